The monoisotopic (exact) mass is 351 g/mol. The average Bonchev–Trinajstić information content (AvgIpc) is 3.02. The number of non-ortho nitro benzene ring substituents is 1. The molecule has 24 heavy (non-hydrogen) atoms. The predicted molar refractivity (Wildman–Crippen MR) is 95.0 cm³/mol. The van der Waals surface area contributed by atoms with Crippen LogP contribution in [0.25, 0.3) is 11.3 Å². The molecule has 8 heteroatoms. The van der Waals surface area contributed by atoms with Crippen LogP contribution >= 0.6 is 12.4 Å². The molecule has 130 valence electrons. The first-order valence-electron chi connectivity index (χ1n) is 7.69. The molecule has 1 fully saturated rings. The maximum absolute atomic E-state index is 10.8. The maximum atomic E-state index is 10.8. The van der Waals surface area contributed by atoms with Gasteiger partial charge in [-0.15, -0.1) is 12.4 Å². The summed E-state index contributed by atoms with van der Waals surface area (Å²) in [6.45, 7) is 4.83. The minimum absolute atomic E-state index is 0. The number of nitrogens with two attached hydrogens (primary N) is 1. The van der Waals surface area contributed by atoms with E-state index in [1.54, 1.807) is 16.8 Å². The molecule has 2 atom stereocenters. The zero-order chi connectivity index (χ0) is 16.6. The van der Waals surface area contributed by atoms with Gasteiger partial charge < -0.3 is 5.73 Å². The quantitative estimate of drug-likeness (QED) is 0.673. The molecule has 0 spiro atoms. The first-order valence-corrected chi connectivity index (χ1v) is 7.69. The number of nitrogens with zero attached hydrogens (tertiary/aromatic N) is 4. The zero-order valence-electron chi connectivity index (χ0n) is 13.8. The van der Waals surface area contributed by atoms with Crippen LogP contribution in [0.1, 0.15) is 12.5 Å². The number of aromatic nitrogens is 2. The molecule has 1 aliphatic rings. The van der Waals surface area contributed by atoms with Gasteiger partial charge in [0.15, 0.2) is 0 Å². The summed E-state index contributed by atoms with van der Waals surface area (Å²) in [6, 6.07) is 6.75. The topological polar surface area (TPSA) is 90.2 Å². The normalized spacial score (nSPS) is 20.8. The highest BCUT2D eigenvalue weighted by atomic mass is 35.5. The number of aryl methyl sites for hydroxylation is 1. The van der Waals surface area contributed by atoms with Gasteiger partial charge in [0.05, 0.1) is 10.6 Å². The summed E-state index contributed by atoms with van der Waals surface area (Å²) >= 11 is 0. The van der Waals surface area contributed by atoms with Gasteiger partial charge in [-0.3, -0.25) is 19.7 Å². The Balaban J connectivity index is 0.00000208. The summed E-state index contributed by atoms with van der Waals surface area (Å²) in [5, 5.41) is 15.3. The van der Waals surface area contributed by atoms with Gasteiger partial charge in [-0.1, -0.05) is 6.92 Å². The number of hydrogen-bond acceptors (Lipinski definition) is 5. The minimum Gasteiger partial charge on any atom is -0.326 e. The zero-order valence-corrected chi connectivity index (χ0v) is 14.6. The number of rotatable bonds is 4. The number of likely N-dealkylation sites (tertiary alicyclic amines) is 1. The fraction of sp³-hybridized carbons (Fsp3) is 0.438. The second kappa shape index (κ2) is 7.29. The third kappa shape index (κ3) is 3.75. The predicted octanol–water partition coefficient (Wildman–Crippen LogP) is 2.20. The highest BCUT2D eigenvalue weighted by Gasteiger charge is 2.27. The maximum Gasteiger partial charge on any atom is 0.269 e. The van der Waals surface area contributed by atoms with E-state index in [9.17, 15) is 10.1 Å². The van der Waals surface area contributed by atoms with Gasteiger partial charge in [0, 0.05) is 62.2 Å². The van der Waals surface area contributed by atoms with Gasteiger partial charge in [0.2, 0.25) is 0 Å². The van der Waals surface area contributed by atoms with Gasteiger partial charge in [0.1, 0.15) is 0 Å². The SMILES string of the molecule is CC1CN(Cc2cn(C)nc2-c2ccc([N+](=O)[O-])cc2)CC1N.Cl. The van der Waals surface area contributed by atoms with Gasteiger partial charge in [0.25, 0.3) is 5.69 Å². The van der Waals surface area contributed by atoms with Crippen LogP contribution in [-0.4, -0.2) is 38.7 Å². The molecule has 1 aromatic heterocycles. The lowest BCUT2D eigenvalue weighted by Gasteiger charge is -2.15. The van der Waals surface area contributed by atoms with E-state index in [0.29, 0.717) is 5.92 Å². The van der Waals surface area contributed by atoms with Crippen LogP contribution in [0, 0.1) is 16.0 Å². The molecule has 1 saturated heterocycles. The molecule has 2 heterocycles. The molecule has 0 aliphatic carbocycles. The van der Waals surface area contributed by atoms with Crippen molar-refractivity contribution in [3.05, 3.63) is 46.1 Å². The summed E-state index contributed by atoms with van der Waals surface area (Å²) in [7, 11) is 1.89. The number of halogens is 1. The smallest absolute Gasteiger partial charge is 0.269 e. The minimum atomic E-state index is -0.393. The molecule has 0 saturated carbocycles. The van der Waals surface area contributed by atoms with Crippen molar-refractivity contribution < 1.29 is 4.92 Å². The van der Waals surface area contributed by atoms with E-state index >= 15 is 0 Å². The Bertz CT molecular complexity index is 706. The van der Waals surface area contributed by atoms with E-state index in [-0.39, 0.29) is 24.1 Å². The Labute approximate surface area is 147 Å². The molecule has 2 unspecified atom stereocenters. The highest BCUT2D eigenvalue weighted by Crippen LogP contribution is 2.26. The molecular weight excluding hydrogens is 330 g/mol. The van der Waals surface area contributed by atoms with Crippen molar-refractivity contribution in [2.75, 3.05) is 13.1 Å². The van der Waals surface area contributed by atoms with Crippen LogP contribution in [0.2, 0.25) is 0 Å². The lowest BCUT2D eigenvalue weighted by atomic mass is 10.1. The van der Waals surface area contributed by atoms with Crippen LogP contribution in [0.15, 0.2) is 30.5 Å². The van der Waals surface area contributed by atoms with Gasteiger partial charge in [-0.2, -0.15) is 5.10 Å². The Morgan fingerprint density at radius 3 is 2.54 bits per heavy atom. The van der Waals surface area contributed by atoms with Crippen molar-refractivity contribution in [3.63, 3.8) is 0 Å². The van der Waals surface area contributed by atoms with E-state index in [1.165, 1.54) is 12.1 Å². The van der Waals surface area contributed by atoms with Crippen molar-refractivity contribution >= 4 is 18.1 Å². The third-order valence-electron chi connectivity index (χ3n) is 4.40. The van der Waals surface area contributed by atoms with Crippen LogP contribution in [0.5, 0.6) is 0 Å². The molecule has 3 rings (SSSR count). The number of benzene rings is 1. The second-order valence-corrected chi connectivity index (χ2v) is 6.32. The highest BCUT2D eigenvalue weighted by molar-refractivity contribution is 5.85. The van der Waals surface area contributed by atoms with Gasteiger partial charge in [-0.05, 0) is 18.1 Å². The standard InChI is InChI=1S/C16H21N5O2.ClH/c1-11-7-20(10-15(11)17)9-13-8-19(2)18-16(13)12-3-5-14(6-4-12)21(22)23;/h3-6,8,11,15H,7,9-10,17H2,1-2H3;1H. The van der Waals surface area contributed by atoms with E-state index in [1.807, 2.05) is 13.2 Å². The lowest BCUT2D eigenvalue weighted by molar-refractivity contribution is -0.384. The van der Waals surface area contributed by atoms with Crippen molar-refractivity contribution in [1.29, 1.82) is 0 Å². The molecule has 0 radical (unpaired) electrons. The lowest BCUT2D eigenvalue weighted by Crippen LogP contribution is -2.28. The van der Waals surface area contributed by atoms with Crippen molar-refractivity contribution in [2.24, 2.45) is 18.7 Å². The van der Waals surface area contributed by atoms with Crippen LogP contribution in [-0.2, 0) is 13.6 Å². The van der Waals surface area contributed by atoms with Crippen molar-refractivity contribution in [1.82, 2.24) is 14.7 Å². The third-order valence-corrected chi connectivity index (χ3v) is 4.40. The molecule has 2 aromatic rings. The molecule has 7 nitrogen and oxygen atoms in total. The summed E-state index contributed by atoms with van der Waals surface area (Å²) < 4.78 is 1.78. The van der Waals surface area contributed by atoms with E-state index in [4.69, 9.17) is 5.73 Å². The fourth-order valence-electron chi connectivity index (χ4n) is 3.10. The molecule has 1 aromatic carbocycles. The van der Waals surface area contributed by atoms with E-state index < -0.39 is 4.92 Å². The van der Waals surface area contributed by atoms with Crippen LogP contribution < -0.4 is 5.73 Å². The van der Waals surface area contributed by atoms with Crippen LogP contribution in [0.3, 0.4) is 0 Å². The largest absolute Gasteiger partial charge is 0.326 e. The molecule has 1 aliphatic heterocycles. The first-order chi connectivity index (χ1) is 10.9. The Morgan fingerprint density at radius 2 is 2.00 bits per heavy atom. The number of nitro benzene ring substituents is 1. The summed E-state index contributed by atoms with van der Waals surface area (Å²) in [5.74, 6) is 0.495. The second-order valence-electron chi connectivity index (χ2n) is 6.32. The van der Waals surface area contributed by atoms with Crippen molar-refractivity contribution in [3.8, 4) is 11.3 Å². The summed E-state index contributed by atoms with van der Waals surface area (Å²) in [6.07, 6.45) is 2.01. The molecular formula is C16H22ClN5O2. The number of nitro groups is 1. The number of hydrogen-bond donors (Lipinski definition) is 1. The molecule has 0 bridgehead atoms. The molecule has 0 amide bonds. The average molecular weight is 352 g/mol. The Kier molecular flexibility index (Phi) is 5.58. The summed E-state index contributed by atoms with van der Waals surface area (Å²) in [4.78, 5) is 12.7. The Morgan fingerprint density at radius 1 is 1.33 bits per heavy atom. The van der Waals surface area contributed by atoms with E-state index in [2.05, 4.69) is 16.9 Å². The Hall–Kier alpha value is -1.96. The fourth-order valence-corrected chi connectivity index (χ4v) is 3.10. The molecule has 2 N–H and O–H groups in total. The van der Waals surface area contributed by atoms with Crippen molar-refractivity contribution in [2.45, 2.75) is 19.5 Å². The first kappa shape index (κ1) is 18.4. The van der Waals surface area contributed by atoms with Gasteiger partial charge in [-0.25, -0.2) is 0 Å². The summed E-state index contributed by atoms with van der Waals surface area (Å²) in [5.41, 5.74) is 9.06. The van der Waals surface area contributed by atoms with E-state index in [0.717, 1.165) is 36.5 Å². The van der Waals surface area contributed by atoms with Gasteiger partial charge >= 0.3 is 0 Å². The van der Waals surface area contributed by atoms with Crippen LogP contribution in [0.4, 0.5) is 5.69 Å².